The second-order valence-electron chi connectivity index (χ2n) is 5.52. The number of nitrogens with zero attached hydrogens (tertiary/aromatic N) is 1. The van der Waals surface area contributed by atoms with Crippen molar-refractivity contribution in [3.63, 3.8) is 0 Å². The topological polar surface area (TPSA) is 83.4 Å². The molecule has 27 heavy (non-hydrogen) atoms. The van der Waals surface area contributed by atoms with Gasteiger partial charge in [0.1, 0.15) is 11.5 Å². The molecule has 3 rings (SSSR count). The average Bonchev–Trinajstić information content (AvgIpc) is 3.07. The zero-order valence-electron chi connectivity index (χ0n) is 15.0. The molecular weight excluding hydrogens is 350 g/mol. The fourth-order valence-electron chi connectivity index (χ4n) is 2.53. The highest BCUT2D eigenvalue weighted by Crippen LogP contribution is 2.27. The molecule has 0 amide bonds. The van der Waals surface area contributed by atoms with E-state index in [1.807, 2.05) is 0 Å². The van der Waals surface area contributed by atoms with Crippen molar-refractivity contribution in [2.45, 2.75) is 0 Å². The molecule has 1 heterocycles. The fourth-order valence-corrected chi connectivity index (χ4v) is 2.53. The van der Waals surface area contributed by atoms with E-state index in [1.165, 1.54) is 27.4 Å². The first-order valence-corrected chi connectivity index (χ1v) is 7.99. The van der Waals surface area contributed by atoms with Crippen molar-refractivity contribution in [2.75, 3.05) is 21.3 Å². The quantitative estimate of drug-likeness (QED) is 0.597. The van der Waals surface area contributed by atoms with Crippen molar-refractivity contribution in [3.05, 3.63) is 64.9 Å². The smallest absolute Gasteiger partial charge is 0.363 e. The number of hydrogen-bond acceptors (Lipinski definition) is 7. The zero-order valence-corrected chi connectivity index (χ0v) is 15.0. The standard InChI is InChI=1S/C20H17NO6/c1-24-14-8-13(9-15(11-14)25-2)18-21-17(20(23)27-18)10-12-6-4-5-7-16(12)19(22)26-3/h4-11H,1-3H3/b17-10-. The van der Waals surface area contributed by atoms with Crippen LogP contribution >= 0.6 is 0 Å². The number of hydrogen-bond donors (Lipinski definition) is 0. The van der Waals surface area contributed by atoms with Crippen molar-refractivity contribution >= 4 is 23.9 Å². The van der Waals surface area contributed by atoms with Gasteiger partial charge in [-0.15, -0.1) is 0 Å². The maximum Gasteiger partial charge on any atom is 0.363 e. The summed E-state index contributed by atoms with van der Waals surface area (Å²) >= 11 is 0. The van der Waals surface area contributed by atoms with Gasteiger partial charge in [0, 0.05) is 11.6 Å². The maximum absolute atomic E-state index is 12.2. The Balaban J connectivity index is 2.01. The van der Waals surface area contributed by atoms with Gasteiger partial charge in [0.15, 0.2) is 5.70 Å². The van der Waals surface area contributed by atoms with Crippen molar-refractivity contribution in [2.24, 2.45) is 4.99 Å². The third kappa shape index (κ3) is 3.82. The summed E-state index contributed by atoms with van der Waals surface area (Å²) in [7, 11) is 4.34. The van der Waals surface area contributed by atoms with Crippen LogP contribution < -0.4 is 9.47 Å². The molecule has 0 aliphatic carbocycles. The minimum absolute atomic E-state index is 0.0724. The first-order chi connectivity index (χ1) is 13.0. The van der Waals surface area contributed by atoms with E-state index in [-0.39, 0.29) is 11.6 Å². The molecule has 2 aromatic rings. The maximum atomic E-state index is 12.2. The van der Waals surface area contributed by atoms with Gasteiger partial charge in [-0.25, -0.2) is 14.6 Å². The summed E-state index contributed by atoms with van der Waals surface area (Å²) in [6, 6.07) is 11.8. The highest BCUT2D eigenvalue weighted by atomic mass is 16.6. The number of carbonyl (C=O) groups is 2. The minimum atomic E-state index is -0.619. The molecule has 0 bridgehead atoms. The predicted molar refractivity (Wildman–Crippen MR) is 97.9 cm³/mol. The molecule has 0 radical (unpaired) electrons. The largest absolute Gasteiger partial charge is 0.497 e. The summed E-state index contributed by atoms with van der Waals surface area (Å²) in [6.45, 7) is 0. The van der Waals surface area contributed by atoms with Gasteiger partial charge < -0.3 is 18.9 Å². The number of cyclic esters (lactones) is 1. The van der Waals surface area contributed by atoms with Gasteiger partial charge in [-0.05, 0) is 29.8 Å². The monoisotopic (exact) mass is 367 g/mol. The number of rotatable bonds is 5. The zero-order chi connectivity index (χ0) is 19.4. The number of esters is 2. The summed E-state index contributed by atoms with van der Waals surface area (Å²) < 4.78 is 20.5. The predicted octanol–water partition coefficient (Wildman–Crippen LogP) is 2.83. The normalized spacial score (nSPS) is 14.6. The molecule has 1 aliphatic heterocycles. The summed E-state index contributed by atoms with van der Waals surface area (Å²) in [5.41, 5.74) is 1.43. The SMILES string of the molecule is COC(=O)c1ccccc1/C=C1\N=C(c2cc(OC)cc(OC)c2)OC1=O. The first-order valence-electron chi connectivity index (χ1n) is 7.99. The second-order valence-corrected chi connectivity index (χ2v) is 5.52. The summed E-state index contributed by atoms with van der Waals surface area (Å²) in [5.74, 6) is 0.0779. The van der Waals surface area contributed by atoms with Crippen LogP contribution in [0.2, 0.25) is 0 Å². The lowest BCUT2D eigenvalue weighted by Crippen LogP contribution is -2.06. The van der Waals surface area contributed by atoms with Crippen LogP contribution in [-0.2, 0) is 14.3 Å². The Kier molecular flexibility index (Phi) is 5.21. The molecule has 138 valence electrons. The molecule has 0 saturated heterocycles. The van der Waals surface area contributed by atoms with Crippen molar-refractivity contribution in [1.82, 2.24) is 0 Å². The second kappa shape index (κ2) is 7.74. The lowest BCUT2D eigenvalue weighted by molar-refractivity contribution is -0.129. The molecule has 7 heteroatoms. The number of ether oxygens (including phenoxy) is 4. The lowest BCUT2D eigenvalue weighted by Gasteiger charge is -2.07. The molecule has 0 atom stereocenters. The van der Waals surface area contributed by atoms with Gasteiger partial charge in [0.25, 0.3) is 0 Å². The van der Waals surface area contributed by atoms with Gasteiger partial charge in [0.05, 0.1) is 26.9 Å². The van der Waals surface area contributed by atoms with Gasteiger partial charge >= 0.3 is 11.9 Å². The van der Waals surface area contributed by atoms with Gasteiger partial charge in [0.2, 0.25) is 5.90 Å². The van der Waals surface area contributed by atoms with Gasteiger partial charge in [-0.2, -0.15) is 0 Å². The van der Waals surface area contributed by atoms with Crippen LogP contribution in [0.25, 0.3) is 6.08 Å². The number of carbonyl (C=O) groups excluding carboxylic acids is 2. The first kappa shape index (κ1) is 18.2. The minimum Gasteiger partial charge on any atom is -0.497 e. The molecular formula is C20H17NO6. The van der Waals surface area contributed by atoms with Crippen molar-refractivity contribution in [3.8, 4) is 11.5 Å². The Morgan fingerprint density at radius 3 is 2.33 bits per heavy atom. The fraction of sp³-hybridized carbons (Fsp3) is 0.150. The lowest BCUT2D eigenvalue weighted by atomic mass is 10.1. The molecule has 2 aromatic carbocycles. The van der Waals surface area contributed by atoms with E-state index in [9.17, 15) is 9.59 Å². The molecule has 0 aromatic heterocycles. The van der Waals surface area contributed by atoms with Crippen LogP contribution in [0.1, 0.15) is 21.5 Å². The Morgan fingerprint density at radius 2 is 1.70 bits per heavy atom. The van der Waals surface area contributed by atoms with Crippen LogP contribution in [0.15, 0.2) is 53.2 Å². The van der Waals surface area contributed by atoms with E-state index in [0.717, 1.165) is 0 Å². The van der Waals surface area contributed by atoms with Crippen molar-refractivity contribution < 1.29 is 28.5 Å². The Morgan fingerprint density at radius 1 is 1.04 bits per heavy atom. The van der Waals surface area contributed by atoms with Crippen LogP contribution in [0.3, 0.4) is 0 Å². The van der Waals surface area contributed by atoms with E-state index in [4.69, 9.17) is 18.9 Å². The Hall–Kier alpha value is -3.61. The highest BCUT2D eigenvalue weighted by Gasteiger charge is 2.25. The van der Waals surface area contributed by atoms with Crippen LogP contribution in [0, 0.1) is 0 Å². The molecule has 7 nitrogen and oxygen atoms in total. The summed E-state index contributed by atoms with van der Waals surface area (Å²) in [6.07, 6.45) is 1.49. The molecule has 0 saturated carbocycles. The van der Waals surface area contributed by atoms with Crippen LogP contribution in [0.4, 0.5) is 0 Å². The molecule has 0 N–H and O–H groups in total. The van der Waals surface area contributed by atoms with E-state index < -0.39 is 11.9 Å². The van der Waals surface area contributed by atoms with E-state index in [2.05, 4.69) is 4.99 Å². The van der Waals surface area contributed by atoms with Gasteiger partial charge in [-0.1, -0.05) is 18.2 Å². The van der Waals surface area contributed by atoms with E-state index in [0.29, 0.717) is 28.2 Å². The molecule has 0 fully saturated rings. The molecule has 0 unspecified atom stereocenters. The third-order valence-electron chi connectivity index (χ3n) is 3.88. The number of benzene rings is 2. The highest BCUT2D eigenvalue weighted by molar-refractivity contribution is 6.13. The summed E-state index contributed by atoms with van der Waals surface area (Å²) in [5, 5.41) is 0. The third-order valence-corrected chi connectivity index (χ3v) is 3.88. The Bertz CT molecular complexity index is 938. The van der Waals surface area contributed by atoms with E-state index in [1.54, 1.807) is 42.5 Å². The van der Waals surface area contributed by atoms with Gasteiger partial charge in [-0.3, -0.25) is 0 Å². The number of aliphatic imine (C=N–C) groups is 1. The Labute approximate surface area is 155 Å². The van der Waals surface area contributed by atoms with Crippen molar-refractivity contribution in [1.29, 1.82) is 0 Å². The average molecular weight is 367 g/mol. The van der Waals surface area contributed by atoms with E-state index >= 15 is 0 Å². The van der Waals surface area contributed by atoms with Crippen LogP contribution in [0.5, 0.6) is 11.5 Å². The molecule has 0 spiro atoms. The summed E-state index contributed by atoms with van der Waals surface area (Å²) in [4.78, 5) is 28.4. The molecule has 1 aliphatic rings. The number of methoxy groups -OCH3 is 3. The van der Waals surface area contributed by atoms with Crippen LogP contribution in [-0.4, -0.2) is 39.2 Å².